The van der Waals surface area contributed by atoms with Crippen LogP contribution in [0.15, 0.2) is 54.6 Å². The molecule has 1 aliphatic carbocycles. The number of halogens is 1. The first kappa shape index (κ1) is 19.2. The molecule has 2 aromatic carbocycles. The second-order valence-corrected chi connectivity index (χ2v) is 7.21. The van der Waals surface area contributed by atoms with E-state index in [2.05, 4.69) is 10.6 Å². The standard InChI is InChI=1S/C22H23ClN2O2/c23-19-11-8-16(9-12-19)10-13-21(26)24-15-17-4-3-7-20(14-17)25-22(27)18-5-1-2-6-18/h3-4,7-14,18H,1-2,5-6,15H2,(H,24,26)(H,25,27)/b13-10+. The van der Waals surface area contributed by atoms with Crippen molar-refractivity contribution in [3.8, 4) is 0 Å². The van der Waals surface area contributed by atoms with Crippen molar-refractivity contribution in [3.05, 3.63) is 70.8 Å². The summed E-state index contributed by atoms with van der Waals surface area (Å²) in [5.74, 6) is 0.0521. The first-order valence-corrected chi connectivity index (χ1v) is 9.59. The number of anilines is 1. The van der Waals surface area contributed by atoms with Crippen molar-refractivity contribution in [2.75, 3.05) is 5.32 Å². The number of benzene rings is 2. The zero-order valence-electron chi connectivity index (χ0n) is 15.1. The van der Waals surface area contributed by atoms with Crippen molar-refractivity contribution in [1.29, 1.82) is 0 Å². The topological polar surface area (TPSA) is 58.2 Å². The quantitative estimate of drug-likeness (QED) is 0.705. The second-order valence-electron chi connectivity index (χ2n) is 6.77. The van der Waals surface area contributed by atoms with E-state index in [4.69, 9.17) is 11.6 Å². The van der Waals surface area contributed by atoms with Gasteiger partial charge >= 0.3 is 0 Å². The molecule has 0 unspecified atom stereocenters. The highest BCUT2D eigenvalue weighted by Gasteiger charge is 2.22. The zero-order chi connectivity index (χ0) is 19.1. The maximum atomic E-state index is 12.2. The van der Waals surface area contributed by atoms with Crippen LogP contribution in [0.4, 0.5) is 5.69 Å². The number of nitrogens with one attached hydrogen (secondary N) is 2. The predicted molar refractivity (Wildman–Crippen MR) is 109 cm³/mol. The van der Waals surface area contributed by atoms with Gasteiger partial charge in [0.15, 0.2) is 0 Å². The zero-order valence-corrected chi connectivity index (χ0v) is 15.8. The van der Waals surface area contributed by atoms with Crippen molar-refractivity contribution in [2.24, 2.45) is 5.92 Å². The molecule has 140 valence electrons. The van der Waals surface area contributed by atoms with Crippen LogP contribution in [0.3, 0.4) is 0 Å². The molecular formula is C22H23ClN2O2. The number of rotatable bonds is 6. The Labute approximate surface area is 164 Å². The first-order chi connectivity index (χ1) is 13.1. The second kappa shape index (κ2) is 9.38. The van der Waals surface area contributed by atoms with Crippen molar-refractivity contribution in [1.82, 2.24) is 5.32 Å². The molecule has 5 heteroatoms. The molecule has 1 saturated carbocycles. The highest BCUT2D eigenvalue weighted by molar-refractivity contribution is 6.30. The van der Waals surface area contributed by atoms with Gasteiger partial charge < -0.3 is 10.6 Å². The number of hydrogen-bond donors (Lipinski definition) is 2. The molecule has 0 atom stereocenters. The number of carbonyl (C=O) groups is 2. The fraction of sp³-hybridized carbons (Fsp3) is 0.273. The number of amides is 2. The highest BCUT2D eigenvalue weighted by atomic mass is 35.5. The van der Waals surface area contributed by atoms with Gasteiger partial charge in [-0.2, -0.15) is 0 Å². The highest BCUT2D eigenvalue weighted by Crippen LogP contribution is 2.26. The molecule has 1 fully saturated rings. The third-order valence-electron chi connectivity index (χ3n) is 4.68. The first-order valence-electron chi connectivity index (χ1n) is 9.21. The molecule has 4 nitrogen and oxygen atoms in total. The lowest BCUT2D eigenvalue weighted by molar-refractivity contribution is -0.119. The van der Waals surface area contributed by atoms with Gasteiger partial charge in [0.25, 0.3) is 0 Å². The van der Waals surface area contributed by atoms with Gasteiger partial charge in [-0.3, -0.25) is 9.59 Å². The van der Waals surface area contributed by atoms with Gasteiger partial charge in [0.05, 0.1) is 0 Å². The van der Waals surface area contributed by atoms with Gasteiger partial charge in [0.1, 0.15) is 0 Å². The van der Waals surface area contributed by atoms with Crippen molar-refractivity contribution in [2.45, 2.75) is 32.2 Å². The average molecular weight is 383 g/mol. The molecule has 27 heavy (non-hydrogen) atoms. The minimum Gasteiger partial charge on any atom is -0.348 e. The van der Waals surface area contributed by atoms with E-state index in [1.807, 2.05) is 36.4 Å². The minimum absolute atomic E-state index is 0.0968. The summed E-state index contributed by atoms with van der Waals surface area (Å²) in [5, 5.41) is 6.50. The third-order valence-corrected chi connectivity index (χ3v) is 4.94. The van der Waals surface area contributed by atoms with Gasteiger partial charge in [-0.05, 0) is 54.3 Å². The third kappa shape index (κ3) is 5.97. The average Bonchev–Trinajstić information content (AvgIpc) is 3.21. The summed E-state index contributed by atoms with van der Waals surface area (Å²) in [6.45, 7) is 0.400. The van der Waals surface area contributed by atoms with Crippen LogP contribution in [-0.2, 0) is 16.1 Å². The van der Waals surface area contributed by atoms with E-state index in [1.165, 1.54) is 6.08 Å². The molecule has 0 radical (unpaired) electrons. The van der Waals surface area contributed by atoms with Gasteiger partial charge in [0.2, 0.25) is 11.8 Å². The summed E-state index contributed by atoms with van der Waals surface area (Å²) >= 11 is 5.84. The van der Waals surface area contributed by atoms with Gasteiger partial charge in [-0.25, -0.2) is 0 Å². The van der Waals surface area contributed by atoms with Crippen molar-refractivity contribution in [3.63, 3.8) is 0 Å². The summed E-state index contributed by atoms with van der Waals surface area (Å²) in [6.07, 6.45) is 7.45. The Hall–Kier alpha value is -2.59. The summed E-state index contributed by atoms with van der Waals surface area (Å²) in [4.78, 5) is 24.2. The molecule has 1 aliphatic rings. The van der Waals surface area contributed by atoms with E-state index in [9.17, 15) is 9.59 Å². The van der Waals surface area contributed by atoms with E-state index in [0.717, 1.165) is 42.5 Å². The van der Waals surface area contributed by atoms with Crippen molar-refractivity contribution < 1.29 is 9.59 Å². The molecule has 0 bridgehead atoms. The maximum Gasteiger partial charge on any atom is 0.244 e. The van der Waals surface area contributed by atoms with Crippen LogP contribution in [0.1, 0.15) is 36.8 Å². The van der Waals surface area contributed by atoms with Gasteiger partial charge in [-0.15, -0.1) is 0 Å². The van der Waals surface area contributed by atoms with Crippen LogP contribution in [0.5, 0.6) is 0 Å². The Balaban J connectivity index is 1.50. The Bertz CT molecular complexity index is 824. The lowest BCUT2D eigenvalue weighted by Crippen LogP contribution is -2.21. The Morgan fingerprint density at radius 3 is 2.56 bits per heavy atom. The molecule has 0 aliphatic heterocycles. The molecule has 0 saturated heterocycles. The molecule has 2 aromatic rings. The molecule has 0 aromatic heterocycles. The number of carbonyl (C=O) groups excluding carboxylic acids is 2. The van der Waals surface area contributed by atoms with Crippen LogP contribution in [0.25, 0.3) is 6.08 Å². The molecule has 3 rings (SSSR count). The van der Waals surface area contributed by atoms with Crippen LogP contribution < -0.4 is 10.6 Å². The molecular weight excluding hydrogens is 360 g/mol. The van der Waals surface area contributed by atoms with E-state index in [-0.39, 0.29) is 17.7 Å². The van der Waals surface area contributed by atoms with Crippen LogP contribution in [-0.4, -0.2) is 11.8 Å². The largest absolute Gasteiger partial charge is 0.348 e. The maximum absolute atomic E-state index is 12.2. The normalized spacial score (nSPS) is 14.4. The lowest BCUT2D eigenvalue weighted by Gasteiger charge is -2.11. The fourth-order valence-corrected chi connectivity index (χ4v) is 3.31. The number of hydrogen-bond acceptors (Lipinski definition) is 2. The molecule has 0 spiro atoms. The van der Waals surface area contributed by atoms with E-state index >= 15 is 0 Å². The minimum atomic E-state index is -0.176. The Morgan fingerprint density at radius 2 is 1.81 bits per heavy atom. The predicted octanol–water partition coefficient (Wildman–Crippen LogP) is 4.80. The molecule has 2 amide bonds. The van der Waals surface area contributed by atoms with Gasteiger partial charge in [-0.1, -0.05) is 48.7 Å². The fourth-order valence-electron chi connectivity index (χ4n) is 3.19. The van der Waals surface area contributed by atoms with E-state index in [0.29, 0.717) is 11.6 Å². The SMILES string of the molecule is O=C(/C=C/c1ccc(Cl)cc1)NCc1cccc(NC(=O)C2CCCC2)c1. The lowest BCUT2D eigenvalue weighted by atomic mass is 10.1. The van der Waals surface area contributed by atoms with Crippen molar-refractivity contribution >= 4 is 35.2 Å². The van der Waals surface area contributed by atoms with Crippen LogP contribution in [0, 0.1) is 5.92 Å². The Morgan fingerprint density at radius 1 is 1.07 bits per heavy atom. The molecule has 2 N–H and O–H groups in total. The Kier molecular flexibility index (Phi) is 6.66. The smallest absolute Gasteiger partial charge is 0.244 e. The van der Waals surface area contributed by atoms with E-state index in [1.54, 1.807) is 18.2 Å². The summed E-state index contributed by atoms with van der Waals surface area (Å²) in [6, 6.07) is 14.8. The summed E-state index contributed by atoms with van der Waals surface area (Å²) in [5.41, 5.74) is 2.62. The van der Waals surface area contributed by atoms with Crippen LogP contribution in [0.2, 0.25) is 5.02 Å². The van der Waals surface area contributed by atoms with Crippen LogP contribution >= 0.6 is 11.6 Å². The summed E-state index contributed by atoms with van der Waals surface area (Å²) in [7, 11) is 0. The van der Waals surface area contributed by atoms with E-state index < -0.39 is 0 Å². The summed E-state index contributed by atoms with van der Waals surface area (Å²) < 4.78 is 0. The monoisotopic (exact) mass is 382 g/mol. The molecule has 0 heterocycles. The van der Waals surface area contributed by atoms with Gasteiger partial charge in [0, 0.05) is 29.2 Å².